The normalized spacial score (nSPS) is 12.5. The number of alkyl carbamates (subject to hydrolysis) is 1. The highest BCUT2D eigenvalue weighted by Gasteiger charge is 2.24. The molecule has 4 aromatic rings. The third-order valence-electron chi connectivity index (χ3n) is 4.93. The minimum atomic E-state index is -0.713. The Morgan fingerprint density at radius 3 is 2.61 bits per heavy atom. The maximum atomic E-state index is 13.8. The van der Waals surface area contributed by atoms with Gasteiger partial charge in [-0.1, -0.05) is 6.07 Å². The van der Waals surface area contributed by atoms with Crippen molar-refractivity contribution in [3.63, 3.8) is 0 Å². The fraction of sp³-hybridized carbons (Fsp3) is 0.240. The van der Waals surface area contributed by atoms with E-state index in [4.69, 9.17) is 4.74 Å². The monoisotopic (exact) mass is 450 g/mol. The largest absolute Gasteiger partial charge is 0.444 e. The lowest BCUT2D eigenvalue weighted by molar-refractivity contribution is 0.0502. The van der Waals surface area contributed by atoms with Crippen LogP contribution in [0.25, 0.3) is 22.2 Å². The number of halogens is 2. The number of nitrogens with zero attached hydrogens (tertiary/aromatic N) is 2. The summed E-state index contributed by atoms with van der Waals surface area (Å²) in [6, 6.07) is 10.1. The number of hydrogen-bond acceptors (Lipinski definition) is 4. The number of aromatic nitrogens is 3. The molecule has 3 heterocycles. The van der Waals surface area contributed by atoms with Gasteiger partial charge in [0, 0.05) is 41.2 Å². The van der Waals surface area contributed by atoms with Crippen molar-refractivity contribution in [3.05, 3.63) is 83.9 Å². The fourth-order valence-electron chi connectivity index (χ4n) is 3.66. The molecule has 0 spiro atoms. The Hall–Kier alpha value is -3.81. The average Bonchev–Trinajstić information content (AvgIpc) is 3.19. The van der Waals surface area contributed by atoms with Gasteiger partial charge >= 0.3 is 6.09 Å². The number of rotatable bonds is 5. The molecule has 0 saturated heterocycles. The lowest BCUT2D eigenvalue weighted by Crippen LogP contribution is -2.36. The van der Waals surface area contributed by atoms with Gasteiger partial charge in [-0.05, 0) is 63.1 Å². The van der Waals surface area contributed by atoms with E-state index in [-0.39, 0.29) is 6.42 Å². The maximum absolute atomic E-state index is 13.8. The number of ether oxygens (including phenoxy) is 1. The van der Waals surface area contributed by atoms with E-state index in [1.54, 1.807) is 45.4 Å². The Morgan fingerprint density at radius 1 is 1.12 bits per heavy atom. The quantitative estimate of drug-likeness (QED) is 0.408. The summed E-state index contributed by atoms with van der Waals surface area (Å²) in [7, 11) is 0. The van der Waals surface area contributed by atoms with Crippen LogP contribution >= 0.6 is 0 Å². The highest BCUT2D eigenvalue weighted by atomic mass is 19.1. The number of carbonyl (C=O) groups is 1. The van der Waals surface area contributed by atoms with Gasteiger partial charge in [-0.15, -0.1) is 0 Å². The van der Waals surface area contributed by atoms with E-state index in [2.05, 4.69) is 20.3 Å². The van der Waals surface area contributed by atoms with Gasteiger partial charge in [0.15, 0.2) is 0 Å². The number of hydrogen-bond donors (Lipinski definition) is 2. The Kier molecular flexibility index (Phi) is 6.09. The molecule has 1 aromatic carbocycles. The Bertz CT molecular complexity index is 1280. The maximum Gasteiger partial charge on any atom is 0.408 e. The summed E-state index contributed by atoms with van der Waals surface area (Å²) in [4.78, 5) is 24.6. The molecule has 1 amide bonds. The molecular formula is C25H24F2N4O2. The lowest BCUT2D eigenvalue weighted by Gasteiger charge is -2.25. The van der Waals surface area contributed by atoms with Gasteiger partial charge in [0.2, 0.25) is 0 Å². The topological polar surface area (TPSA) is 79.9 Å². The molecule has 0 aliphatic rings. The van der Waals surface area contributed by atoms with E-state index in [1.165, 1.54) is 12.1 Å². The van der Waals surface area contributed by atoms with Gasteiger partial charge in [0.25, 0.3) is 0 Å². The van der Waals surface area contributed by atoms with Crippen molar-refractivity contribution in [3.8, 4) is 11.1 Å². The second kappa shape index (κ2) is 8.97. The van der Waals surface area contributed by atoms with E-state index < -0.39 is 29.4 Å². The van der Waals surface area contributed by atoms with Gasteiger partial charge in [-0.3, -0.25) is 4.98 Å². The molecule has 0 saturated carbocycles. The molecule has 0 bridgehead atoms. The predicted molar refractivity (Wildman–Crippen MR) is 121 cm³/mol. The SMILES string of the molecule is CC(C)(C)OC(=O)N[C@@H](Cc1cc(F)cc(F)c1)c1ncccc1-c1cnc2[nH]ccc2c1. The van der Waals surface area contributed by atoms with Crippen LogP contribution in [0, 0.1) is 11.6 Å². The molecule has 0 fully saturated rings. The Morgan fingerprint density at radius 2 is 1.88 bits per heavy atom. The van der Waals surface area contributed by atoms with E-state index >= 15 is 0 Å². The zero-order chi connectivity index (χ0) is 23.6. The number of nitrogens with one attached hydrogen (secondary N) is 2. The van der Waals surface area contributed by atoms with Crippen LogP contribution in [-0.4, -0.2) is 26.6 Å². The number of benzene rings is 1. The van der Waals surface area contributed by atoms with Crippen molar-refractivity contribution in [2.45, 2.75) is 38.8 Å². The number of fused-ring (bicyclic) bond motifs is 1. The van der Waals surface area contributed by atoms with Crippen LogP contribution < -0.4 is 5.32 Å². The van der Waals surface area contributed by atoms with E-state index in [0.717, 1.165) is 28.2 Å². The van der Waals surface area contributed by atoms with Crippen LogP contribution in [0.1, 0.15) is 38.1 Å². The molecule has 170 valence electrons. The zero-order valence-corrected chi connectivity index (χ0v) is 18.5. The predicted octanol–water partition coefficient (Wildman–Crippen LogP) is 5.71. The first-order chi connectivity index (χ1) is 15.7. The molecule has 4 rings (SSSR count). The molecule has 0 aliphatic heterocycles. The third-order valence-corrected chi connectivity index (χ3v) is 4.93. The highest BCUT2D eigenvalue weighted by molar-refractivity contribution is 5.82. The molecular weight excluding hydrogens is 426 g/mol. The Labute approximate surface area is 190 Å². The van der Waals surface area contributed by atoms with Gasteiger partial charge in [0.05, 0.1) is 11.7 Å². The summed E-state index contributed by atoms with van der Waals surface area (Å²) >= 11 is 0. The van der Waals surface area contributed by atoms with Crippen LogP contribution in [0.15, 0.2) is 61.1 Å². The number of aromatic amines is 1. The average molecular weight is 450 g/mol. The summed E-state index contributed by atoms with van der Waals surface area (Å²) in [6.45, 7) is 5.27. The summed E-state index contributed by atoms with van der Waals surface area (Å²) in [5.74, 6) is -1.38. The van der Waals surface area contributed by atoms with Crippen molar-refractivity contribution in [1.29, 1.82) is 0 Å². The smallest absolute Gasteiger partial charge is 0.408 e. The molecule has 0 aliphatic carbocycles. The standard InChI is InChI=1S/C25H24F2N4O2/c1-25(2,3)33-24(32)31-21(11-15-9-18(26)13-19(27)10-15)22-20(5-4-7-28-22)17-12-16-6-8-29-23(16)30-14-17/h4-10,12-14,21H,11H2,1-3H3,(H,29,30)(H,31,32)/t21-/m0/s1. The van der Waals surface area contributed by atoms with Crippen molar-refractivity contribution < 1.29 is 18.3 Å². The molecule has 1 atom stereocenters. The third kappa shape index (κ3) is 5.52. The van der Waals surface area contributed by atoms with Crippen LogP contribution in [-0.2, 0) is 11.2 Å². The van der Waals surface area contributed by atoms with Crippen molar-refractivity contribution in [2.75, 3.05) is 0 Å². The molecule has 8 heteroatoms. The highest BCUT2D eigenvalue weighted by Crippen LogP contribution is 2.30. The first kappa shape index (κ1) is 22.4. The summed E-state index contributed by atoms with van der Waals surface area (Å²) in [5.41, 5.74) is 2.49. The minimum absolute atomic E-state index is 0.109. The summed E-state index contributed by atoms with van der Waals surface area (Å²) in [6.07, 6.45) is 4.58. The second-order valence-corrected chi connectivity index (χ2v) is 8.76. The Balaban J connectivity index is 1.75. The lowest BCUT2D eigenvalue weighted by atomic mass is 9.96. The van der Waals surface area contributed by atoms with Crippen LogP contribution in [0.3, 0.4) is 0 Å². The molecule has 6 nitrogen and oxygen atoms in total. The van der Waals surface area contributed by atoms with Crippen molar-refractivity contribution in [1.82, 2.24) is 20.3 Å². The summed E-state index contributed by atoms with van der Waals surface area (Å²) < 4.78 is 33.1. The number of H-pyrrole nitrogens is 1. The molecule has 33 heavy (non-hydrogen) atoms. The van der Waals surface area contributed by atoms with E-state index in [9.17, 15) is 13.6 Å². The summed E-state index contributed by atoms with van der Waals surface area (Å²) in [5, 5.41) is 3.75. The number of pyridine rings is 2. The molecule has 0 unspecified atom stereocenters. The first-order valence-electron chi connectivity index (χ1n) is 10.5. The molecule has 2 N–H and O–H groups in total. The van der Waals surface area contributed by atoms with Gasteiger partial charge in [-0.2, -0.15) is 0 Å². The number of amides is 1. The first-order valence-corrected chi connectivity index (χ1v) is 10.5. The molecule has 0 radical (unpaired) electrons. The van der Waals surface area contributed by atoms with Crippen molar-refractivity contribution >= 4 is 17.1 Å². The minimum Gasteiger partial charge on any atom is -0.444 e. The molecule has 3 aromatic heterocycles. The fourth-order valence-corrected chi connectivity index (χ4v) is 3.66. The zero-order valence-electron chi connectivity index (χ0n) is 18.5. The van der Waals surface area contributed by atoms with Crippen LogP contribution in [0.5, 0.6) is 0 Å². The second-order valence-electron chi connectivity index (χ2n) is 8.76. The van der Waals surface area contributed by atoms with Gasteiger partial charge in [0.1, 0.15) is 22.9 Å². The van der Waals surface area contributed by atoms with E-state index in [1.807, 2.05) is 18.2 Å². The number of carbonyl (C=O) groups excluding carboxylic acids is 1. The van der Waals surface area contributed by atoms with Crippen molar-refractivity contribution in [2.24, 2.45) is 0 Å². The van der Waals surface area contributed by atoms with Gasteiger partial charge < -0.3 is 15.0 Å². The van der Waals surface area contributed by atoms with E-state index in [0.29, 0.717) is 11.3 Å². The van der Waals surface area contributed by atoms with Crippen LogP contribution in [0.2, 0.25) is 0 Å². The van der Waals surface area contributed by atoms with Crippen LogP contribution in [0.4, 0.5) is 13.6 Å². The van der Waals surface area contributed by atoms with Gasteiger partial charge in [-0.25, -0.2) is 18.6 Å².